The van der Waals surface area contributed by atoms with Crippen LogP contribution in [0.15, 0.2) is 24.5 Å². The molecule has 1 aliphatic carbocycles. The number of likely N-dealkylation sites (N-methyl/N-ethyl adjacent to an activating group) is 1. The van der Waals surface area contributed by atoms with Gasteiger partial charge in [-0.05, 0) is 43.9 Å². The second kappa shape index (κ2) is 12.5. The predicted molar refractivity (Wildman–Crippen MR) is 147 cm³/mol. The Kier molecular flexibility index (Phi) is 8.60. The summed E-state index contributed by atoms with van der Waals surface area (Å²) in [5, 5.41) is 11.5. The molecule has 1 saturated carbocycles. The average Bonchev–Trinajstić information content (AvgIpc) is 3.69. The van der Waals surface area contributed by atoms with Gasteiger partial charge in [-0.2, -0.15) is 0 Å². The van der Waals surface area contributed by atoms with Gasteiger partial charge in [0.05, 0.1) is 25.4 Å². The Hall–Kier alpha value is -3.97. The van der Waals surface area contributed by atoms with E-state index in [9.17, 15) is 13.6 Å². The highest BCUT2D eigenvalue weighted by molar-refractivity contribution is 7.15. The zero-order valence-electron chi connectivity index (χ0n) is 22.1. The van der Waals surface area contributed by atoms with Gasteiger partial charge in [-0.15, -0.1) is 10.2 Å². The third-order valence-corrected chi connectivity index (χ3v) is 7.25. The van der Waals surface area contributed by atoms with Crippen molar-refractivity contribution < 1.29 is 18.3 Å². The number of methoxy groups -OCH3 is 1. The lowest BCUT2D eigenvalue weighted by Gasteiger charge is -2.30. The van der Waals surface area contributed by atoms with E-state index in [1.165, 1.54) is 25.6 Å². The van der Waals surface area contributed by atoms with E-state index in [1.807, 2.05) is 0 Å². The number of rotatable bonds is 6. The number of aromatic nitrogens is 4. The lowest BCUT2D eigenvalue weighted by molar-refractivity contribution is 0.102. The molecule has 2 aliphatic rings. The molecule has 12 heteroatoms. The van der Waals surface area contributed by atoms with Crippen LogP contribution >= 0.6 is 11.3 Å². The topological polar surface area (TPSA) is 96.4 Å². The number of piperazine rings is 1. The van der Waals surface area contributed by atoms with Crippen molar-refractivity contribution >= 4 is 22.4 Å². The van der Waals surface area contributed by atoms with Gasteiger partial charge < -0.3 is 9.64 Å². The van der Waals surface area contributed by atoms with Crippen LogP contribution in [0.25, 0.3) is 11.1 Å². The molecule has 206 valence electrons. The van der Waals surface area contributed by atoms with Gasteiger partial charge in [0.15, 0.2) is 5.01 Å². The van der Waals surface area contributed by atoms with Crippen molar-refractivity contribution in [2.24, 2.45) is 5.92 Å². The maximum absolute atomic E-state index is 13.6. The van der Waals surface area contributed by atoms with Gasteiger partial charge in [-0.3, -0.25) is 20.0 Å². The second-order valence-electron chi connectivity index (χ2n) is 9.52. The summed E-state index contributed by atoms with van der Waals surface area (Å²) in [7, 11) is 3.50. The summed E-state index contributed by atoms with van der Waals surface area (Å²) in [6.45, 7) is 4.38. The van der Waals surface area contributed by atoms with Crippen molar-refractivity contribution in [2.45, 2.75) is 19.3 Å². The minimum absolute atomic E-state index is 0.134. The first-order valence-electron chi connectivity index (χ1n) is 12.8. The van der Waals surface area contributed by atoms with E-state index in [1.54, 1.807) is 6.07 Å². The highest BCUT2D eigenvalue weighted by Gasteiger charge is 2.22. The summed E-state index contributed by atoms with van der Waals surface area (Å²) in [6, 6.07) is 2.82. The number of alkyl halides is 2. The normalized spacial score (nSPS) is 15.6. The fraction of sp³-hybridized carbons (Fsp3) is 0.393. The first-order chi connectivity index (χ1) is 19.4. The molecule has 1 saturated heterocycles. The average molecular weight is 564 g/mol. The van der Waals surface area contributed by atoms with Gasteiger partial charge in [0.25, 0.3) is 12.3 Å². The maximum atomic E-state index is 13.6. The number of pyridine rings is 2. The molecule has 3 aromatic heterocycles. The van der Waals surface area contributed by atoms with Gasteiger partial charge in [0.1, 0.15) is 17.1 Å². The Morgan fingerprint density at radius 2 is 1.93 bits per heavy atom. The van der Waals surface area contributed by atoms with Gasteiger partial charge in [0, 0.05) is 49.4 Å². The zero-order valence-corrected chi connectivity index (χ0v) is 22.9. The third kappa shape index (κ3) is 6.96. The molecule has 3 aromatic rings. The van der Waals surface area contributed by atoms with Crippen LogP contribution in [0.1, 0.15) is 46.0 Å². The molecular formula is C28H27F2N7O2S. The number of anilines is 1. The number of amides is 1. The SMILES string of the molecule is COc1cnc(C(F)F)cc1-c1cc(C#CCN2CCN(C)CC2)ncc1C(=O)Nc1nnc(C#CC2CC2)s1. The number of carbonyl (C=O) groups is 1. The number of hydrogen-bond donors (Lipinski definition) is 1. The number of carbonyl (C=O) groups excluding carboxylic acids is 1. The molecule has 9 nitrogen and oxygen atoms in total. The molecule has 0 radical (unpaired) electrons. The molecular weight excluding hydrogens is 536 g/mol. The Morgan fingerprint density at radius 1 is 1.12 bits per heavy atom. The maximum Gasteiger partial charge on any atom is 0.280 e. The molecule has 0 bridgehead atoms. The molecule has 0 atom stereocenters. The molecule has 0 aromatic carbocycles. The lowest BCUT2D eigenvalue weighted by Crippen LogP contribution is -2.44. The van der Waals surface area contributed by atoms with E-state index in [-0.39, 0.29) is 22.0 Å². The zero-order chi connectivity index (χ0) is 28.1. The Bertz CT molecular complexity index is 1510. The van der Waals surface area contributed by atoms with Crippen LogP contribution in [0.4, 0.5) is 13.9 Å². The quantitative estimate of drug-likeness (QED) is 0.455. The standard InChI is InChI=1S/C28H27F2N7O2S/c1-36-10-12-37(13-11-36)9-3-4-19-14-20(21-15-23(26(29)30)32-17-24(21)39-2)22(16-31-19)27(38)33-28-35-34-25(40-28)8-7-18-5-6-18/h14-18,26H,5-6,9-13H2,1-2H3,(H,33,35,38). The van der Waals surface area contributed by atoms with Crippen LogP contribution in [0, 0.1) is 29.6 Å². The Labute approximate surface area is 235 Å². The van der Waals surface area contributed by atoms with Gasteiger partial charge in [0.2, 0.25) is 5.13 Å². The monoisotopic (exact) mass is 563 g/mol. The highest BCUT2D eigenvalue weighted by Crippen LogP contribution is 2.35. The smallest absolute Gasteiger partial charge is 0.280 e. The van der Waals surface area contributed by atoms with Crippen molar-refractivity contribution in [1.29, 1.82) is 0 Å². The van der Waals surface area contributed by atoms with E-state index >= 15 is 0 Å². The molecule has 0 unspecified atom stereocenters. The molecule has 4 heterocycles. The summed E-state index contributed by atoms with van der Waals surface area (Å²) < 4.78 is 32.5. The van der Waals surface area contributed by atoms with Crippen molar-refractivity contribution in [3.63, 3.8) is 0 Å². The molecule has 2 fully saturated rings. The first kappa shape index (κ1) is 27.6. The molecule has 1 amide bonds. The fourth-order valence-corrected chi connectivity index (χ4v) is 4.61. The number of nitrogens with one attached hydrogen (secondary N) is 1. The van der Waals surface area contributed by atoms with Crippen molar-refractivity contribution in [3.05, 3.63) is 46.5 Å². The van der Waals surface area contributed by atoms with Crippen LogP contribution in [0.2, 0.25) is 0 Å². The molecule has 1 N–H and O–H groups in total. The number of ether oxygens (including phenoxy) is 1. The minimum Gasteiger partial charge on any atom is -0.494 e. The summed E-state index contributed by atoms with van der Waals surface area (Å²) in [4.78, 5) is 26.0. The van der Waals surface area contributed by atoms with Crippen molar-refractivity contribution in [2.75, 3.05) is 52.2 Å². The number of hydrogen-bond acceptors (Lipinski definition) is 9. The van der Waals surface area contributed by atoms with Crippen LogP contribution in [-0.2, 0) is 0 Å². The second-order valence-corrected chi connectivity index (χ2v) is 10.5. The third-order valence-electron chi connectivity index (χ3n) is 6.49. The van der Waals surface area contributed by atoms with Gasteiger partial charge in [-0.1, -0.05) is 23.2 Å². The summed E-state index contributed by atoms with van der Waals surface area (Å²) in [5.74, 6) is 12.4. The van der Waals surface area contributed by atoms with Crippen LogP contribution in [0.5, 0.6) is 5.75 Å². The van der Waals surface area contributed by atoms with Crippen LogP contribution < -0.4 is 10.1 Å². The van der Waals surface area contributed by atoms with Crippen molar-refractivity contribution in [3.8, 4) is 40.6 Å². The van der Waals surface area contributed by atoms with Crippen molar-refractivity contribution in [1.82, 2.24) is 30.0 Å². The first-order valence-corrected chi connectivity index (χ1v) is 13.6. The van der Waals surface area contributed by atoms with E-state index in [4.69, 9.17) is 4.74 Å². The summed E-state index contributed by atoms with van der Waals surface area (Å²) in [5.41, 5.74) is 0.693. The van der Waals surface area contributed by atoms with E-state index < -0.39 is 18.0 Å². The van der Waals surface area contributed by atoms with Crippen LogP contribution in [0.3, 0.4) is 0 Å². The minimum atomic E-state index is -2.80. The molecule has 5 rings (SSSR count). The molecule has 0 spiro atoms. The number of halogens is 2. The number of nitrogens with zero attached hydrogens (tertiary/aromatic N) is 6. The van der Waals surface area contributed by atoms with Crippen LogP contribution in [-0.4, -0.2) is 82.8 Å². The van der Waals surface area contributed by atoms with Gasteiger partial charge >= 0.3 is 0 Å². The summed E-state index contributed by atoms with van der Waals surface area (Å²) >= 11 is 1.16. The fourth-order valence-electron chi connectivity index (χ4n) is 4.01. The Morgan fingerprint density at radius 3 is 2.65 bits per heavy atom. The lowest BCUT2D eigenvalue weighted by atomic mass is 9.99. The largest absolute Gasteiger partial charge is 0.494 e. The summed E-state index contributed by atoms with van der Waals surface area (Å²) in [6.07, 6.45) is 1.97. The van der Waals surface area contributed by atoms with Gasteiger partial charge in [-0.25, -0.2) is 13.8 Å². The highest BCUT2D eigenvalue weighted by atomic mass is 32.1. The molecule has 1 aliphatic heterocycles. The Balaban J connectivity index is 1.45. The molecule has 40 heavy (non-hydrogen) atoms. The van der Waals surface area contributed by atoms with E-state index in [0.717, 1.165) is 50.4 Å². The van der Waals surface area contributed by atoms with E-state index in [0.29, 0.717) is 28.7 Å². The van der Waals surface area contributed by atoms with E-state index in [2.05, 4.69) is 66.0 Å². The predicted octanol–water partition coefficient (Wildman–Crippen LogP) is 3.55.